The van der Waals surface area contributed by atoms with Crippen LogP contribution < -0.4 is 5.32 Å². The number of hydrogen-bond donors (Lipinski definition) is 1. The fraction of sp³-hybridized carbons (Fsp3) is 0.160. The zero-order valence-corrected chi connectivity index (χ0v) is 20.5. The summed E-state index contributed by atoms with van der Waals surface area (Å²) < 4.78 is 1.85. The molecule has 0 atom stereocenters. The normalized spacial score (nSPS) is 10.9. The Labute approximate surface area is 207 Å². The van der Waals surface area contributed by atoms with E-state index in [0.717, 1.165) is 5.56 Å². The van der Waals surface area contributed by atoms with Crippen molar-refractivity contribution >= 4 is 40.9 Å². The van der Waals surface area contributed by atoms with Gasteiger partial charge in [-0.15, -0.1) is 10.2 Å². The molecule has 168 valence electrons. The van der Waals surface area contributed by atoms with E-state index in [-0.39, 0.29) is 12.5 Å². The second-order valence-corrected chi connectivity index (χ2v) is 9.44. The minimum atomic E-state index is -0.185. The van der Waals surface area contributed by atoms with Gasteiger partial charge in [-0.25, -0.2) is 0 Å². The van der Waals surface area contributed by atoms with E-state index in [0.29, 0.717) is 38.0 Å². The van der Waals surface area contributed by atoms with Crippen molar-refractivity contribution < 1.29 is 4.79 Å². The monoisotopic (exact) mass is 496 g/mol. The molecule has 0 aliphatic heterocycles. The number of carbonyl (C=O) groups excluding carboxylic acids is 1. The number of nitrogens with zero attached hydrogens (tertiary/aromatic N) is 3. The van der Waals surface area contributed by atoms with Crippen LogP contribution in [0.5, 0.6) is 0 Å². The Kier molecular flexibility index (Phi) is 7.38. The van der Waals surface area contributed by atoms with E-state index in [4.69, 9.17) is 23.2 Å². The number of aryl methyl sites for hydroxylation is 2. The van der Waals surface area contributed by atoms with E-state index in [1.54, 1.807) is 42.1 Å². The molecule has 5 nitrogen and oxygen atoms in total. The maximum absolute atomic E-state index is 12.6. The van der Waals surface area contributed by atoms with Crippen LogP contribution in [0.4, 0.5) is 0 Å². The number of amides is 1. The predicted molar refractivity (Wildman–Crippen MR) is 134 cm³/mol. The van der Waals surface area contributed by atoms with Crippen LogP contribution in [-0.4, -0.2) is 20.7 Å². The van der Waals surface area contributed by atoms with Gasteiger partial charge in [-0.05, 0) is 49.7 Å². The number of rotatable bonds is 7. The van der Waals surface area contributed by atoms with E-state index in [1.165, 1.54) is 11.1 Å². The molecule has 8 heteroatoms. The van der Waals surface area contributed by atoms with Gasteiger partial charge < -0.3 is 5.32 Å². The largest absolute Gasteiger partial charge is 0.345 e. The first-order valence-corrected chi connectivity index (χ1v) is 12.1. The average molecular weight is 497 g/mol. The van der Waals surface area contributed by atoms with Crippen molar-refractivity contribution in [3.05, 3.63) is 105 Å². The van der Waals surface area contributed by atoms with Crippen molar-refractivity contribution in [3.8, 4) is 5.69 Å². The second-order valence-electron chi connectivity index (χ2n) is 7.66. The second kappa shape index (κ2) is 10.4. The topological polar surface area (TPSA) is 59.8 Å². The smallest absolute Gasteiger partial charge is 0.251 e. The van der Waals surface area contributed by atoms with Crippen LogP contribution in [0, 0.1) is 13.8 Å². The highest BCUT2D eigenvalue weighted by Crippen LogP contribution is 2.31. The van der Waals surface area contributed by atoms with Crippen molar-refractivity contribution in [2.75, 3.05) is 0 Å². The first-order chi connectivity index (χ1) is 15.9. The Balaban J connectivity index is 1.61. The zero-order chi connectivity index (χ0) is 23.4. The zero-order valence-electron chi connectivity index (χ0n) is 18.2. The number of thioether (sulfide) groups is 1. The first-order valence-electron chi connectivity index (χ1n) is 10.3. The van der Waals surface area contributed by atoms with Crippen LogP contribution in [0.25, 0.3) is 5.69 Å². The lowest BCUT2D eigenvalue weighted by Crippen LogP contribution is -2.24. The molecule has 0 radical (unpaired) electrons. The van der Waals surface area contributed by atoms with Gasteiger partial charge in [-0.3, -0.25) is 9.36 Å². The molecule has 1 N–H and O–H groups in total. The SMILES string of the molecule is Cc1ccc(C(=O)NCc2nnc(SCc3cccc(C)c3)n2-c2cc(Cl)ccc2Cl)cc1. The minimum absolute atomic E-state index is 0.185. The Morgan fingerprint density at radius 1 is 0.970 bits per heavy atom. The number of nitrogens with one attached hydrogen (secondary N) is 1. The summed E-state index contributed by atoms with van der Waals surface area (Å²) in [6.45, 7) is 4.24. The summed E-state index contributed by atoms with van der Waals surface area (Å²) in [5.74, 6) is 1.09. The van der Waals surface area contributed by atoms with E-state index in [1.807, 2.05) is 29.7 Å². The third-order valence-electron chi connectivity index (χ3n) is 5.02. The van der Waals surface area contributed by atoms with Gasteiger partial charge in [0.1, 0.15) is 0 Å². The lowest BCUT2D eigenvalue weighted by atomic mass is 10.1. The maximum Gasteiger partial charge on any atom is 0.251 e. The molecule has 0 bridgehead atoms. The highest BCUT2D eigenvalue weighted by Gasteiger charge is 2.18. The van der Waals surface area contributed by atoms with Gasteiger partial charge in [0, 0.05) is 16.3 Å². The molecule has 33 heavy (non-hydrogen) atoms. The molecule has 0 unspecified atom stereocenters. The maximum atomic E-state index is 12.6. The van der Waals surface area contributed by atoms with Crippen LogP contribution in [0.3, 0.4) is 0 Å². The minimum Gasteiger partial charge on any atom is -0.345 e. The van der Waals surface area contributed by atoms with E-state index < -0.39 is 0 Å². The van der Waals surface area contributed by atoms with Gasteiger partial charge in [-0.1, -0.05) is 82.5 Å². The molecule has 4 aromatic rings. The summed E-state index contributed by atoms with van der Waals surface area (Å²) in [4.78, 5) is 12.6. The van der Waals surface area contributed by atoms with Crippen molar-refractivity contribution in [2.24, 2.45) is 0 Å². The van der Waals surface area contributed by atoms with Crippen LogP contribution in [0.2, 0.25) is 10.0 Å². The summed E-state index contributed by atoms with van der Waals surface area (Å²) >= 11 is 14.3. The van der Waals surface area contributed by atoms with Crippen LogP contribution in [-0.2, 0) is 12.3 Å². The summed E-state index contributed by atoms with van der Waals surface area (Å²) in [5, 5.41) is 13.4. The number of aromatic nitrogens is 3. The molecular formula is C25H22Cl2N4OS. The molecular weight excluding hydrogens is 475 g/mol. The van der Waals surface area contributed by atoms with Gasteiger partial charge in [0.05, 0.1) is 17.3 Å². The standard InChI is InChI=1S/C25H22Cl2N4OS/c1-16-6-8-19(9-7-16)24(32)28-14-23-29-30-25(33-15-18-5-3-4-17(2)12-18)31(23)22-13-20(26)10-11-21(22)27/h3-13H,14-15H2,1-2H3,(H,28,32). The third kappa shape index (κ3) is 5.77. The fourth-order valence-electron chi connectivity index (χ4n) is 3.32. The molecule has 0 saturated heterocycles. The van der Waals surface area contributed by atoms with Crippen molar-refractivity contribution in [1.82, 2.24) is 20.1 Å². The molecule has 0 aliphatic carbocycles. The highest BCUT2D eigenvalue weighted by atomic mass is 35.5. The van der Waals surface area contributed by atoms with Crippen LogP contribution in [0.1, 0.15) is 32.9 Å². The summed E-state index contributed by atoms with van der Waals surface area (Å²) in [7, 11) is 0. The summed E-state index contributed by atoms with van der Waals surface area (Å²) in [5.41, 5.74) is 4.73. The molecule has 0 fully saturated rings. The number of carbonyl (C=O) groups is 1. The molecule has 0 saturated carbocycles. The fourth-order valence-corrected chi connectivity index (χ4v) is 4.60. The Bertz CT molecular complexity index is 1290. The van der Waals surface area contributed by atoms with E-state index in [2.05, 4.69) is 40.6 Å². The van der Waals surface area contributed by atoms with E-state index >= 15 is 0 Å². The number of halogens is 2. The first kappa shape index (κ1) is 23.4. The predicted octanol–water partition coefficient (Wildman–Crippen LogP) is 6.41. The lowest BCUT2D eigenvalue weighted by molar-refractivity contribution is 0.0949. The highest BCUT2D eigenvalue weighted by molar-refractivity contribution is 7.98. The van der Waals surface area contributed by atoms with Crippen LogP contribution >= 0.6 is 35.0 Å². The average Bonchev–Trinajstić information content (AvgIpc) is 3.20. The number of hydrogen-bond acceptors (Lipinski definition) is 4. The molecule has 1 heterocycles. The van der Waals surface area contributed by atoms with Gasteiger partial charge in [0.2, 0.25) is 0 Å². The molecule has 4 rings (SSSR count). The Morgan fingerprint density at radius 3 is 2.52 bits per heavy atom. The van der Waals surface area contributed by atoms with Gasteiger partial charge >= 0.3 is 0 Å². The number of benzene rings is 3. The van der Waals surface area contributed by atoms with Crippen molar-refractivity contribution in [1.29, 1.82) is 0 Å². The van der Waals surface area contributed by atoms with Gasteiger partial charge in [0.25, 0.3) is 5.91 Å². The quantitative estimate of drug-likeness (QED) is 0.300. The van der Waals surface area contributed by atoms with E-state index in [9.17, 15) is 4.79 Å². The van der Waals surface area contributed by atoms with Crippen molar-refractivity contribution in [3.63, 3.8) is 0 Å². The third-order valence-corrected chi connectivity index (χ3v) is 6.58. The van der Waals surface area contributed by atoms with Crippen molar-refractivity contribution in [2.45, 2.75) is 31.3 Å². The molecule has 3 aromatic carbocycles. The summed E-state index contributed by atoms with van der Waals surface area (Å²) in [6.07, 6.45) is 0. The van der Waals surface area contributed by atoms with Gasteiger partial charge in [-0.2, -0.15) is 0 Å². The lowest BCUT2D eigenvalue weighted by Gasteiger charge is -2.13. The molecule has 1 amide bonds. The Hall–Kier alpha value is -2.80. The molecule has 0 aliphatic rings. The molecule has 0 spiro atoms. The van der Waals surface area contributed by atoms with Crippen LogP contribution in [0.15, 0.2) is 71.9 Å². The Morgan fingerprint density at radius 2 is 1.76 bits per heavy atom. The molecule has 1 aromatic heterocycles. The van der Waals surface area contributed by atoms with Gasteiger partial charge in [0.15, 0.2) is 11.0 Å². The summed E-state index contributed by atoms with van der Waals surface area (Å²) in [6, 6.07) is 21.0.